The van der Waals surface area contributed by atoms with Gasteiger partial charge in [-0.3, -0.25) is 14.3 Å². The molecule has 0 spiro atoms. The van der Waals surface area contributed by atoms with Crippen LogP contribution in [-0.4, -0.2) is 46.8 Å². The number of ether oxygens (including phenoxy) is 2. The minimum Gasteiger partial charge on any atom is -0.495 e. The van der Waals surface area contributed by atoms with Crippen LogP contribution in [0.5, 0.6) is 5.75 Å². The monoisotopic (exact) mass is 546 g/mol. The van der Waals surface area contributed by atoms with Crippen LogP contribution in [0.15, 0.2) is 36.4 Å². The van der Waals surface area contributed by atoms with E-state index in [0.717, 1.165) is 11.8 Å². The van der Waals surface area contributed by atoms with Crippen molar-refractivity contribution < 1.29 is 27.5 Å². The van der Waals surface area contributed by atoms with Gasteiger partial charge >= 0.3 is 5.97 Å². The van der Waals surface area contributed by atoms with Crippen molar-refractivity contribution in [2.24, 2.45) is 11.3 Å². The molecule has 2 N–H and O–H groups in total. The van der Waals surface area contributed by atoms with Crippen LogP contribution in [0.2, 0.25) is 0 Å². The molecule has 210 valence electrons. The van der Waals surface area contributed by atoms with E-state index in [9.17, 15) is 18.0 Å². The van der Waals surface area contributed by atoms with E-state index < -0.39 is 20.9 Å². The van der Waals surface area contributed by atoms with Gasteiger partial charge in [0.25, 0.3) is 0 Å². The fraction of sp³-hybridized carbons (Fsp3) is 0.517. The minimum atomic E-state index is -3.49. The molecule has 0 saturated carbocycles. The van der Waals surface area contributed by atoms with Crippen molar-refractivity contribution >= 4 is 27.6 Å². The number of carbonyl (C=O) groups is 2. The fourth-order valence-electron chi connectivity index (χ4n) is 3.82. The highest BCUT2D eigenvalue weighted by molar-refractivity contribution is 7.92. The largest absolute Gasteiger partial charge is 0.495 e. The molecule has 2 rings (SSSR count). The minimum absolute atomic E-state index is 0.126. The molecular weight excluding hydrogens is 504 g/mol. The Morgan fingerprint density at radius 3 is 2.18 bits per heavy atom. The maximum absolute atomic E-state index is 13.4. The van der Waals surface area contributed by atoms with Crippen molar-refractivity contribution in [1.82, 2.24) is 5.32 Å². The van der Waals surface area contributed by atoms with Crippen molar-refractivity contribution in [1.29, 1.82) is 0 Å². The molecule has 8 nitrogen and oxygen atoms in total. The van der Waals surface area contributed by atoms with Crippen molar-refractivity contribution in [2.75, 3.05) is 31.2 Å². The van der Waals surface area contributed by atoms with E-state index in [1.807, 2.05) is 20.8 Å². The number of esters is 1. The zero-order valence-electron chi connectivity index (χ0n) is 24.0. The first-order chi connectivity index (χ1) is 17.4. The molecule has 0 aliphatic rings. The molecule has 0 aromatic heterocycles. The predicted molar refractivity (Wildman–Crippen MR) is 151 cm³/mol. The highest BCUT2D eigenvalue weighted by Gasteiger charge is 2.32. The molecule has 0 fully saturated rings. The summed E-state index contributed by atoms with van der Waals surface area (Å²) in [6.07, 6.45) is 1.70. The van der Waals surface area contributed by atoms with Gasteiger partial charge in [-0.2, -0.15) is 0 Å². The maximum atomic E-state index is 13.4. The van der Waals surface area contributed by atoms with Gasteiger partial charge < -0.3 is 14.8 Å². The highest BCUT2D eigenvalue weighted by atomic mass is 32.2. The summed E-state index contributed by atoms with van der Waals surface area (Å²) in [6.45, 7) is 13.6. The van der Waals surface area contributed by atoms with Crippen LogP contribution < -0.4 is 14.8 Å². The number of benzene rings is 2. The molecule has 1 amide bonds. The number of sulfonamides is 1. The van der Waals surface area contributed by atoms with E-state index >= 15 is 0 Å². The number of hydrogen-bond donors (Lipinski definition) is 2. The molecule has 1 unspecified atom stereocenters. The van der Waals surface area contributed by atoms with Crippen LogP contribution >= 0.6 is 0 Å². The lowest BCUT2D eigenvalue weighted by molar-refractivity contribution is -0.154. The molecule has 0 saturated heterocycles. The average Bonchev–Trinajstić information content (AvgIpc) is 2.81. The van der Waals surface area contributed by atoms with Crippen LogP contribution in [0, 0.1) is 25.2 Å². The molecule has 2 aromatic carbocycles. The Kier molecular flexibility index (Phi) is 10.00. The summed E-state index contributed by atoms with van der Waals surface area (Å²) in [5.41, 5.74) is 2.89. The van der Waals surface area contributed by atoms with Crippen molar-refractivity contribution in [2.45, 2.75) is 60.3 Å². The van der Waals surface area contributed by atoms with Crippen LogP contribution in [0.4, 0.5) is 5.69 Å². The Balaban J connectivity index is 2.21. The molecule has 2 aromatic rings. The van der Waals surface area contributed by atoms with Gasteiger partial charge in [0.05, 0.1) is 36.5 Å². The second-order valence-corrected chi connectivity index (χ2v) is 13.2. The number of nitrogens with one attached hydrogen (secondary N) is 2. The fourth-order valence-corrected chi connectivity index (χ4v) is 4.39. The first kappa shape index (κ1) is 31.1. The zero-order chi connectivity index (χ0) is 28.9. The van der Waals surface area contributed by atoms with Gasteiger partial charge in [0, 0.05) is 12.5 Å². The molecule has 38 heavy (non-hydrogen) atoms. The molecule has 0 heterocycles. The zero-order valence-corrected chi connectivity index (χ0v) is 24.8. The van der Waals surface area contributed by atoms with Gasteiger partial charge in [0.15, 0.2) is 0 Å². The number of hydrogen-bond acceptors (Lipinski definition) is 6. The van der Waals surface area contributed by atoms with E-state index in [1.54, 1.807) is 32.0 Å². The quantitative estimate of drug-likeness (QED) is 0.401. The first-order valence-corrected chi connectivity index (χ1v) is 14.5. The number of anilines is 1. The van der Waals surface area contributed by atoms with E-state index in [0.29, 0.717) is 30.0 Å². The summed E-state index contributed by atoms with van der Waals surface area (Å²) in [7, 11) is -2.05. The van der Waals surface area contributed by atoms with Gasteiger partial charge in [-0.05, 0) is 89.3 Å². The van der Waals surface area contributed by atoms with Crippen LogP contribution in [-0.2, 0) is 36.2 Å². The van der Waals surface area contributed by atoms with Gasteiger partial charge in [0.1, 0.15) is 5.75 Å². The average molecular weight is 547 g/mol. The lowest BCUT2D eigenvalue weighted by atomic mass is 9.83. The molecule has 0 aliphatic carbocycles. The highest BCUT2D eigenvalue weighted by Crippen LogP contribution is 2.32. The van der Waals surface area contributed by atoms with Gasteiger partial charge in [-0.25, -0.2) is 8.42 Å². The molecule has 0 bridgehead atoms. The van der Waals surface area contributed by atoms with Crippen molar-refractivity contribution in [3.05, 3.63) is 58.7 Å². The van der Waals surface area contributed by atoms with Gasteiger partial charge in [-0.1, -0.05) is 24.3 Å². The number of methoxy groups -OCH3 is 1. The van der Waals surface area contributed by atoms with E-state index in [4.69, 9.17) is 9.47 Å². The van der Waals surface area contributed by atoms with E-state index in [-0.39, 0.29) is 24.4 Å². The molecule has 1 atom stereocenters. The Morgan fingerprint density at radius 1 is 0.974 bits per heavy atom. The summed E-state index contributed by atoms with van der Waals surface area (Å²) in [5.74, 6) is -0.311. The summed E-state index contributed by atoms with van der Waals surface area (Å²) in [5, 5.41) is 3.04. The molecule has 0 aliphatic heterocycles. The molecule has 9 heteroatoms. The normalized spacial score (nSPS) is 13.0. The number of aryl methyl sites for hydroxylation is 2. The second-order valence-electron chi connectivity index (χ2n) is 11.5. The molecule has 0 radical (unpaired) electrons. The smallest absolute Gasteiger partial charge is 0.311 e. The van der Waals surface area contributed by atoms with Crippen LogP contribution in [0.25, 0.3) is 0 Å². The Labute approximate surface area is 227 Å². The Morgan fingerprint density at radius 2 is 1.63 bits per heavy atom. The van der Waals surface area contributed by atoms with Crippen LogP contribution in [0.1, 0.15) is 56.9 Å². The van der Waals surface area contributed by atoms with Crippen molar-refractivity contribution in [3.8, 4) is 5.75 Å². The van der Waals surface area contributed by atoms with E-state index in [2.05, 4.69) is 42.1 Å². The lowest BCUT2D eigenvalue weighted by Crippen LogP contribution is -2.43. The predicted octanol–water partition coefficient (Wildman–Crippen LogP) is 4.53. The SMILES string of the molecule is COc1cc(C(C)(C)C(=O)NCC(COC(=O)C(C)(C)C)Cc2ccc(C)c(C)c2)ccc1NS(C)(=O)=O. The third kappa shape index (κ3) is 8.75. The summed E-state index contributed by atoms with van der Waals surface area (Å²) in [4.78, 5) is 25.8. The summed E-state index contributed by atoms with van der Waals surface area (Å²) >= 11 is 0. The summed E-state index contributed by atoms with van der Waals surface area (Å²) in [6, 6.07) is 11.2. The topological polar surface area (TPSA) is 111 Å². The lowest BCUT2D eigenvalue weighted by Gasteiger charge is -2.27. The van der Waals surface area contributed by atoms with Crippen LogP contribution in [0.3, 0.4) is 0 Å². The third-order valence-electron chi connectivity index (χ3n) is 6.50. The third-order valence-corrected chi connectivity index (χ3v) is 7.09. The van der Waals surface area contributed by atoms with Gasteiger partial charge in [-0.15, -0.1) is 0 Å². The number of carbonyl (C=O) groups excluding carboxylic acids is 2. The first-order valence-electron chi connectivity index (χ1n) is 12.6. The maximum Gasteiger partial charge on any atom is 0.311 e. The standard InChI is InChI=1S/C29H42N2O6S/c1-19-10-11-21(14-20(19)2)15-22(18-37-27(33)28(3,4)5)17-30-26(32)29(6,7)23-12-13-24(25(16-23)36-8)31-38(9,34)35/h10-14,16,22,31H,15,17-18H2,1-9H3,(H,30,32). The molecular formula is C29H42N2O6S. The number of amides is 1. The van der Waals surface area contributed by atoms with Crippen molar-refractivity contribution in [3.63, 3.8) is 0 Å². The Hall–Kier alpha value is -3.07. The van der Waals surface area contributed by atoms with E-state index in [1.165, 1.54) is 18.2 Å². The number of rotatable bonds is 11. The summed E-state index contributed by atoms with van der Waals surface area (Å²) < 4.78 is 36.7. The van der Waals surface area contributed by atoms with Gasteiger partial charge in [0.2, 0.25) is 15.9 Å². The Bertz CT molecular complexity index is 1260. The second kappa shape index (κ2) is 12.2.